The van der Waals surface area contributed by atoms with E-state index in [0.717, 1.165) is 43.4 Å². The molecule has 0 bridgehead atoms. The third-order valence-corrected chi connectivity index (χ3v) is 5.69. The van der Waals surface area contributed by atoms with Crippen molar-refractivity contribution in [1.29, 1.82) is 0 Å². The summed E-state index contributed by atoms with van der Waals surface area (Å²) in [7, 11) is 0. The Labute approximate surface area is 168 Å². The minimum atomic E-state index is -0.612. The largest absolute Gasteiger partial charge is 0.494 e. The van der Waals surface area contributed by atoms with Crippen LogP contribution in [0.25, 0.3) is 0 Å². The van der Waals surface area contributed by atoms with E-state index >= 15 is 0 Å². The van der Waals surface area contributed by atoms with Crippen molar-refractivity contribution < 1.29 is 9.84 Å². The lowest BCUT2D eigenvalue weighted by atomic mass is 9.95. The number of aromatic nitrogens is 2. The number of ether oxygens (including phenoxy) is 1. The summed E-state index contributed by atoms with van der Waals surface area (Å²) >= 11 is 0. The smallest absolute Gasteiger partial charge is 0.331 e. The van der Waals surface area contributed by atoms with Gasteiger partial charge in [0.2, 0.25) is 5.88 Å². The van der Waals surface area contributed by atoms with Crippen LogP contribution in [0.1, 0.15) is 68.7 Å². The monoisotopic (exact) mass is 398 g/mol. The van der Waals surface area contributed by atoms with Crippen LogP contribution in [-0.4, -0.2) is 27.0 Å². The molecule has 1 aromatic heterocycles. The molecule has 1 saturated carbocycles. The van der Waals surface area contributed by atoms with E-state index in [1.54, 1.807) is 0 Å². The van der Waals surface area contributed by atoms with Gasteiger partial charge in [0, 0.05) is 18.0 Å². The highest BCUT2D eigenvalue weighted by molar-refractivity contribution is 6.03. The SMILES string of the molecule is CCOc1ccccc1C1CC(c2c(O)n(C3CCCCC3)c(=O)[nH]c2=O)=NN1. The molecule has 1 unspecified atom stereocenters. The van der Waals surface area contributed by atoms with E-state index in [1.807, 2.05) is 31.2 Å². The number of benzene rings is 1. The zero-order valence-corrected chi connectivity index (χ0v) is 16.5. The maximum atomic E-state index is 12.5. The fraction of sp³-hybridized carbons (Fsp3) is 0.476. The van der Waals surface area contributed by atoms with Gasteiger partial charge in [0.25, 0.3) is 5.56 Å². The lowest BCUT2D eigenvalue weighted by molar-refractivity contribution is 0.298. The van der Waals surface area contributed by atoms with Crippen LogP contribution in [0.15, 0.2) is 39.0 Å². The van der Waals surface area contributed by atoms with Gasteiger partial charge in [-0.15, -0.1) is 0 Å². The summed E-state index contributed by atoms with van der Waals surface area (Å²) in [6.07, 6.45) is 5.17. The topological polar surface area (TPSA) is 109 Å². The number of hydrogen-bond donors (Lipinski definition) is 3. The van der Waals surface area contributed by atoms with Gasteiger partial charge in [-0.05, 0) is 25.8 Å². The van der Waals surface area contributed by atoms with Crippen LogP contribution in [0.3, 0.4) is 0 Å². The number of H-pyrrole nitrogens is 1. The van der Waals surface area contributed by atoms with Gasteiger partial charge in [-0.1, -0.05) is 37.5 Å². The molecule has 3 N–H and O–H groups in total. The molecular weight excluding hydrogens is 372 g/mol. The van der Waals surface area contributed by atoms with Crippen LogP contribution in [0.4, 0.5) is 0 Å². The Morgan fingerprint density at radius 3 is 2.72 bits per heavy atom. The zero-order valence-electron chi connectivity index (χ0n) is 16.5. The van der Waals surface area contributed by atoms with E-state index < -0.39 is 11.2 Å². The number of aromatic hydroxyl groups is 1. The van der Waals surface area contributed by atoms with Crippen molar-refractivity contribution >= 4 is 5.71 Å². The summed E-state index contributed by atoms with van der Waals surface area (Å²) < 4.78 is 7.03. The second-order valence-corrected chi connectivity index (χ2v) is 7.53. The van der Waals surface area contributed by atoms with Crippen LogP contribution < -0.4 is 21.4 Å². The number of rotatable bonds is 5. The van der Waals surface area contributed by atoms with Crippen molar-refractivity contribution in [2.75, 3.05) is 6.61 Å². The number of aromatic amines is 1. The summed E-state index contributed by atoms with van der Waals surface area (Å²) in [5, 5.41) is 15.2. The Morgan fingerprint density at radius 1 is 1.21 bits per heavy atom. The molecule has 1 fully saturated rings. The molecule has 1 aliphatic heterocycles. The Hall–Kier alpha value is -3.03. The van der Waals surface area contributed by atoms with Gasteiger partial charge in [0.05, 0.1) is 18.4 Å². The lowest BCUT2D eigenvalue weighted by Crippen LogP contribution is -2.36. The van der Waals surface area contributed by atoms with Crippen LogP contribution in [0, 0.1) is 0 Å². The van der Waals surface area contributed by atoms with Gasteiger partial charge in [-0.3, -0.25) is 14.3 Å². The standard InChI is InChI=1S/C21H26N4O4/c1-2-29-17-11-7-6-10-14(17)15-12-16(24-23-15)18-19(26)22-21(28)25(20(18)27)13-8-4-3-5-9-13/h6-7,10-11,13,15,23,27H,2-5,8-9,12H2,1H3,(H,22,26,28). The first-order valence-corrected chi connectivity index (χ1v) is 10.2. The first-order valence-electron chi connectivity index (χ1n) is 10.2. The minimum absolute atomic E-state index is 0.0686. The third-order valence-electron chi connectivity index (χ3n) is 5.69. The Balaban J connectivity index is 1.66. The highest BCUT2D eigenvalue weighted by atomic mass is 16.5. The molecule has 4 rings (SSSR count). The van der Waals surface area contributed by atoms with E-state index in [2.05, 4.69) is 15.5 Å². The summed E-state index contributed by atoms with van der Waals surface area (Å²) in [5.74, 6) is 0.471. The molecule has 2 aliphatic rings. The zero-order chi connectivity index (χ0) is 20.4. The van der Waals surface area contributed by atoms with Gasteiger partial charge in [-0.25, -0.2) is 4.79 Å². The Morgan fingerprint density at radius 2 is 1.97 bits per heavy atom. The minimum Gasteiger partial charge on any atom is -0.494 e. The maximum Gasteiger partial charge on any atom is 0.331 e. The average molecular weight is 398 g/mol. The van der Waals surface area contributed by atoms with Crippen LogP contribution in [-0.2, 0) is 0 Å². The first kappa shape index (κ1) is 19.3. The average Bonchev–Trinajstić information content (AvgIpc) is 3.18. The van der Waals surface area contributed by atoms with E-state index in [-0.39, 0.29) is 23.5 Å². The Bertz CT molecular complexity index is 1030. The van der Waals surface area contributed by atoms with Crippen LogP contribution in [0.5, 0.6) is 11.6 Å². The molecule has 0 saturated heterocycles. The predicted octanol–water partition coefficient (Wildman–Crippen LogP) is 2.58. The second-order valence-electron chi connectivity index (χ2n) is 7.53. The van der Waals surface area contributed by atoms with E-state index in [1.165, 1.54) is 4.57 Å². The van der Waals surface area contributed by atoms with E-state index in [0.29, 0.717) is 18.7 Å². The molecule has 1 aromatic carbocycles. The van der Waals surface area contributed by atoms with Gasteiger partial charge in [0.15, 0.2) is 0 Å². The lowest BCUT2D eigenvalue weighted by Gasteiger charge is -2.25. The quantitative estimate of drug-likeness (QED) is 0.717. The van der Waals surface area contributed by atoms with Gasteiger partial charge < -0.3 is 15.3 Å². The van der Waals surface area contributed by atoms with E-state index in [9.17, 15) is 14.7 Å². The number of nitrogens with zero attached hydrogens (tertiary/aromatic N) is 2. The number of hydrazone groups is 1. The third kappa shape index (κ3) is 3.66. The number of nitrogens with one attached hydrogen (secondary N) is 2. The molecule has 1 aliphatic carbocycles. The summed E-state index contributed by atoms with van der Waals surface area (Å²) in [6, 6.07) is 7.39. The molecular formula is C21H26N4O4. The predicted molar refractivity (Wildman–Crippen MR) is 110 cm³/mol. The first-order chi connectivity index (χ1) is 14.1. The fourth-order valence-corrected chi connectivity index (χ4v) is 4.31. The highest BCUT2D eigenvalue weighted by Gasteiger charge is 2.30. The number of para-hydroxylation sites is 1. The molecule has 0 radical (unpaired) electrons. The maximum absolute atomic E-state index is 12.5. The van der Waals surface area contributed by atoms with Crippen LogP contribution in [0.2, 0.25) is 0 Å². The van der Waals surface area contributed by atoms with Crippen molar-refractivity contribution in [3.8, 4) is 11.6 Å². The number of hydrogen-bond acceptors (Lipinski definition) is 6. The summed E-state index contributed by atoms with van der Waals surface area (Å²) in [6.45, 7) is 2.47. The summed E-state index contributed by atoms with van der Waals surface area (Å²) in [5.41, 5.74) is 3.31. The molecule has 29 heavy (non-hydrogen) atoms. The highest BCUT2D eigenvalue weighted by Crippen LogP contribution is 2.34. The van der Waals surface area contributed by atoms with Crippen molar-refractivity contribution in [3.63, 3.8) is 0 Å². The van der Waals surface area contributed by atoms with Crippen molar-refractivity contribution in [2.24, 2.45) is 5.10 Å². The second kappa shape index (κ2) is 8.14. The molecule has 8 heteroatoms. The van der Waals surface area contributed by atoms with Crippen molar-refractivity contribution in [2.45, 2.75) is 57.5 Å². The van der Waals surface area contributed by atoms with Crippen LogP contribution >= 0.6 is 0 Å². The van der Waals surface area contributed by atoms with Gasteiger partial charge in [0.1, 0.15) is 11.3 Å². The molecule has 2 aromatic rings. The molecule has 1 atom stereocenters. The molecule has 8 nitrogen and oxygen atoms in total. The van der Waals surface area contributed by atoms with Crippen molar-refractivity contribution in [1.82, 2.24) is 15.0 Å². The van der Waals surface area contributed by atoms with Crippen molar-refractivity contribution in [3.05, 3.63) is 56.2 Å². The molecule has 154 valence electrons. The Kier molecular flexibility index (Phi) is 5.42. The molecule has 0 amide bonds. The normalized spacial score (nSPS) is 19.6. The molecule has 0 spiro atoms. The summed E-state index contributed by atoms with van der Waals surface area (Å²) in [4.78, 5) is 27.3. The molecule has 2 heterocycles. The van der Waals surface area contributed by atoms with Gasteiger partial charge in [-0.2, -0.15) is 5.10 Å². The fourth-order valence-electron chi connectivity index (χ4n) is 4.31. The van der Waals surface area contributed by atoms with E-state index in [4.69, 9.17) is 4.74 Å². The van der Waals surface area contributed by atoms with Gasteiger partial charge >= 0.3 is 5.69 Å².